The molecule has 2 fully saturated rings. The Morgan fingerprint density at radius 2 is 2.00 bits per heavy atom. The van der Waals surface area contributed by atoms with E-state index in [0.29, 0.717) is 0 Å². The van der Waals surface area contributed by atoms with Gasteiger partial charge >= 0.3 is 0 Å². The number of hydrogen-bond donors (Lipinski definition) is 1. The van der Waals surface area contributed by atoms with Crippen LogP contribution in [0.2, 0.25) is 0 Å². The predicted octanol–water partition coefficient (Wildman–Crippen LogP) is 2.30. The first-order valence-corrected chi connectivity index (χ1v) is 6.43. The van der Waals surface area contributed by atoms with Gasteiger partial charge in [0.1, 0.15) is 5.78 Å². The van der Waals surface area contributed by atoms with Crippen molar-refractivity contribution >= 4 is 5.78 Å². The molecule has 2 heteroatoms. The van der Waals surface area contributed by atoms with Gasteiger partial charge in [-0.1, -0.05) is 37.3 Å². The molecular formula is C15H18O2. The number of carbonyl (C=O) groups excluding carboxylic acids is 1. The van der Waals surface area contributed by atoms with Gasteiger partial charge in [-0.25, -0.2) is 0 Å². The molecule has 0 spiro atoms. The molecular weight excluding hydrogens is 212 g/mol. The molecule has 3 rings (SSSR count). The van der Waals surface area contributed by atoms with Crippen molar-refractivity contribution in [2.75, 3.05) is 0 Å². The normalized spacial score (nSPS) is 40.6. The zero-order valence-corrected chi connectivity index (χ0v) is 10.1. The summed E-state index contributed by atoms with van der Waals surface area (Å²) in [6, 6.07) is 10.1. The molecule has 0 unspecified atom stereocenters. The molecule has 0 aliphatic heterocycles. The summed E-state index contributed by atoms with van der Waals surface area (Å²) in [5.74, 6) is 0.369. The fraction of sp³-hybridized carbons (Fsp3) is 0.533. The fourth-order valence-electron chi connectivity index (χ4n) is 3.77. The molecule has 0 saturated heterocycles. The first kappa shape index (κ1) is 11.0. The second kappa shape index (κ2) is 3.67. The van der Waals surface area contributed by atoms with Gasteiger partial charge in [0, 0.05) is 5.92 Å². The second-order valence-corrected chi connectivity index (χ2v) is 5.63. The number of ketones is 1. The van der Waals surface area contributed by atoms with Gasteiger partial charge in [-0.05, 0) is 30.7 Å². The highest BCUT2D eigenvalue weighted by Crippen LogP contribution is 2.51. The van der Waals surface area contributed by atoms with Gasteiger partial charge in [0.05, 0.1) is 11.5 Å². The average molecular weight is 230 g/mol. The van der Waals surface area contributed by atoms with E-state index >= 15 is 0 Å². The molecule has 1 N–H and O–H groups in total. The lowest BCUT2D eigenvalue weighted by atomic mass is 9.65. The number of carbonyl (C=O) groups is 1. The minimum Gasteiger partial charge on any atom is -0.392 e. The lowest BCUT2D eigenvalue weighted by Crippen LogP contribution is -2.46. The summed E-state index contributed by atoms with van der Waals surface area (Å²) in [6.45, 7) is 2.06. The Bertz CT molecular complexity index is 439. The number of aliphatic hydroxyl groups is 1. The van der Waals surface area contributed by atoms with Crippen LogP contribution in [0.25, 0.3) is 0 Å². The highest BCUT2D eigenvalue weighted by molar-refractivity contribution is 5.95. The standard InChI is InChI=1S/C15H18O2/c1-10-9-15(11-5-3-2-4-6-11)8-7-12(13(10)16)14(15)17/h2-6,10,12-13,16H,7-9H2,1H3/t10-,12+,13+,15-/m1/s1. The lowest BCUT2D eigenvalue weighted by Gasteiger charge is -2.38. The minimum absolute atomic E-state index is 0.126. The van der Waals surface area contributed by atoms with Gasteiger partial charge in [0.2, 0.25) is 0 Å². The number of Topliss-reactive ketones (excluding diaryl/α,β-unsaturated/α-hetero) is 1. The maximum absolute atomic E-state index is 12.5. The largest absolute Gasteiger partial charge is 0.392 e. The van der Waals surface area contributed by atoms with Crippen molar-refractivity contribution in [3.8, 4) is 0 Å². The Labute approximate surface area is 102 Å². The zero-order valence-electron chi connectivity index (χ0n) is 10.1. The monoisotopic (exact) mass is 230 g/mol. The van der Waals surface area contributed by atoms with Crippen LogP contribution in [0.5, 0.6) is 0 Å². The first-order chi connectivity index (χ1) is 8.15. The third-order valence-electron chi connectivity index (χ3n) is 4.68. The second-order valence-electron chi connectivity index (χ2n) is 5.63. The SMILES string of the molecule is C[C@@H]1C[C@@]2(c3ccccc3)CC[C@H](C2=O)[C@H]1O. The quantitative estimate of drug-likeness (QED) is 0.803. The average Bonchev–Trinajstić information content (AvgIpc) is 2.60. The van der Waals surface area contributed by atoms with Crippen LogP contribution in [0, 0.1) is 11.8 Å². The number of hydrogen-bond acceptors (Lipinski definition) is 2. The van der Waals surface area contributed by atoms with E-state index in [1.165, 1.54) is 0 Å². The Balaban J connectivity index is 2.06. The van der Waals surface area contributed by atoms with E-state index in [1.54, 1.807) is 0 Å². The van der Waals surface area contributed by atoms with Crippen molar-refractivity contribution < 1.29 is 9.90 Å². The number of benzene rings is 1. The predicted molar refractivity (Wildman–Crippen MR) is 65.6 cm³/mol. The molecule has 0 aromatic heterocycles. The smallest absolute Gasteiger partial charge is 0.149 e. The van der Waals surface area contributed by atoms with E-state index in [4.69, 9.17) is 0 Å². The molecule has 0 radical (unpaired) electrons. The van der Waals surface area contributed by atoms with Gasteiger partial charge in [-0.15, -0.1) is 0 Å². The highest BCUT2D eigenvalue weighted by atomic mass is 16.3. The summed E-state index contributed by atoms with van der Waals surface area (Å²) < 4.78 is 0. The van der Waals surface area contributed by atoms with Gasteiger partial charge in [-0.2, -0.15) is 0 Å². The molecule has 17 heavy (non-hydrogen) atoms. The van der Waals surface area contributed by atoms with Crippen LogP contribution >= 0.6 is 0 Å². The Kier molecular flexibility index (Phi) is 2.37. The molecule has 2 bridgehead atoms. The van der Waals surface area contributed by atoms with Crippen molar-refractivity contribution in [2.45, 2.75) is 37.7 Å². The maximum Gasteiger partial charge on any atom is 0.149 e. The van der Waals surface area contributed by atoms with E-state index in [9.17, 15) is 9.90 Å². The summed E-state index contributed by atoms with van der Waals surface area (Å²) >= 11 is 0. The van der Waals surface area contributed by atoms with Crippen LogP contribution in [0.15, 0.2) is 30.3 Å². The van der Waals surface area contributed by atoms with E-state index in [-0.39, 0.29) is 23.0 Å². The Morgan fingerprint density at radius 1 is 1.29 bits per heavy atom. The van der Waals surface area contributed by atoms with E-state index in [2.05, 4.69) is 19.1 Å². The van der Waals surface area contributed by atoms with Crippen molar-refractivity contribution in [3.05, 3.63) is 35.9 Å². The van der Waals surface area contributed by atoms with Gasteiger partial charge < -0.3 is 5.11 Å². The highest BCUT2D eigenvalue weighted by Gasteiger charge is 2.56. The van der Waals surface area contributed by atoms with Gasteiger partial charge in [-0.3, -0.25) is 4.79 Å². The fourth-order valence-corrected chi connectivity index (χ4v) is 3.77. The zero-order chi connectivity index (χ0) is 12.0. The first-order valence-electron chi connectivity index (χ1n) is 6.43. The minimum atomic E-state index is -0.429. The molecule has 2 nitrogen and oxygen atoms in total. The van der Waals surface area contributed by atoms with Crippen molar-refractivity contribution in [1.82, 2.24) is 0 Å². The van der Waals surface area contributed by atoms with Crippen molar-refractivity contribution in [2.24, 2.45) is 11.8 Å². The summed E-state index contributed by atoms with van der Waals surface area (Å²) in [6.07, 6.45) is 2.12. The van der Waals surface area contributed by atoms with Crippen molar-refractivity contribution in [1.29, 1.82) is 0 Å². The summed E-state index contributed by atoms with van der Waals surface area (Å²) in [5.41, 5.74) is 0.844. The summed E-state index contributed by atoms with van der Waals surface area (Å²) in [5, 5.41) is 10.1. The summed E-state index contributed by atoms with van der Waals surface area (Å²) in [7, 11) is 0. The number of fused-ring (bicyclic) bond motifs is 2. The number of rotatable bonds is 1. The van der Waals surface area contributed by atoms with E-state index < -0.39 is 6.10 Å². The summed E-state index contributed by atoms with van der Waals surface area (Å²) in [4.78, 5) is 12.5. The lowest BCUT2D eigenvalue weighted by molar-refractivity contribution is -0.134. The Morgan fingerprint density at radius 3 is 2.71 bits per heavy atom. The molecule has 2 saturated carbocycles. The molecule has 0 amide bonds. The molecule has 1 aromatic rings. The molecule has 2 aliphatic rings. The molecule has 2 aliphatic carbocycles. The number of aliphatic hydroxyl groups excluding tert-OH is 1. The topological polar surface area (TPSA) is 37.3 Å². The van der Waals surface area contributed by atoms with Crippen molar-refractivity contribution in [3.63, 3.8) is 0 Å². The van der Waals surface area contributed by atoms with E-state index in [1.807, 2.05) is 18.2 Å². The Hall–Kier alpha value is -1.15. The van der Waals surface area contributed by atoms with Gasteiger partial charge in [0.15, 0.2) is 0 Å². The third-order valence-corrected chi connectivity index (χ3v) is 4.68. The third kappa shape index (κ3) is 1.40. The molecule has 0 heterocycles. The van der Waals surface area contributed by atoms with Crippen LogP contribution < -0.4 is 0 Å². The van der Waals surface area contributed by atoms with Crippen LogP contribution in [0.4, 0.5) is 0 Å². The molecule has 90 valence electrons. The molecule has 4 atom stereocenters. The van der Waals surface area contributed by atoms with E-state index in [0.717, 1.165) is 24.8 Å². The maximum atomic E-state index is 12.5. The van der Waals surface area contributed by atoms with Crippen LogP contribution in [0.1, 0.15) is 31.7 Å². The van der Waals surface area contributed by atoms with Crippen LogP contribution in [-0.4, -0.2) is 17.0 Å². The van der Waals surface area contributed by atoms with Gasteiger partial charge in [0.25, 0.3) is 0 Å². The van der Waals surface area contributed by atoms with Crippen LogP contribution in [-0.2, 0) is 10.2 Å². The van der Waals surface area contributed by atoms with Crippen LogP contribution in [0.3, 0.4) is 0 Å². The molecule has 1 aromatic carbocycles.